The van der Waals surface area contributed by atoms with Gasteiger partial charge in [-0.15, -0.1) is 0 Å². The summed E-state index contributed by atoms with van der Waals surface area (Å²) in [5.41, 5.74) is 7.94. The number of phenolic OH excluding ortho intramolecular Hbond substituents is 1. The Hall–Kier alpha value is -1.80. The Bertz CT molecular complexity index is 705. The van der Waals surface area contributed by atoms with Gasteiger partial charge in [0.1, 0.15) is 5.75 Å². The molecule has 2 heteroatoms. The zero-order valence-electron chi connectivity index (χ0n) is 12.0. The van der Waals surface area contributed by atoms with Gasteiger partial charge in [0.15, 0.2) is 0 Å². The van der Waals surface area contributed by atoms with Crippen molar-refractivity contribution in [2.24, 2.45) is 0 Å². The summed E-state index contributed by atoms with van der Waals surface area (Å²) in [7, 11) is 2.22. The Kier molecular flexibility index (Phi) is 2.45. The first-order valence-corrected chi connectivity index (χ1v) is 7.30. The molecule has 2 aromatic rings. The molecule has 0 aromatic heterocycles. The minimum absolute atomic E-state index is 0.406. The third-order valence-electron chi connectivity index (χ3n) is 5.00. The van der Waals surface area contributed by atoms with Gasteiger partial charge >= 0.3 is 0 Å². The lowest BCUT2D eigenvalue weighted by Crippen LogP contribution is -2.35. The monoisotopic (exact) mass is 265 g/mol. The van der Waals surface area contributed by atoms with E-state index in [9.17, 15) is 5.11 Å². The number of hydrogen-bond acceptors (Lipinski definition) is 2. The van der Waals surface area contributed by atoms with Crippen molar-refractivity contribution in [2.45, 2.75) is 25.8 Å². The van der Waals surface area contributed by atoms with Crippen LogP contribution in [-0.2, 0) is 12.8 Å². The Morgan fingerprint density at radius 2 is 2.00 bits per heavy atom. The fourth-order valence-electron chi connectivity index (χ4n) is 3.88. The summed E-state index contributed by atoms with van der Waals surface area (Å²) in [6, 6.07) is 11.1. The first-order valence-electron chi connectivity index (χ1n) is 7.30. The smallest absolute Gasteiger partial charge is 0.119 e. The second-order valence-electron chi connectivity index (χ2n) is 6.07. The molecule has 1 aliphatic carbocycles. The number of aromatic hydroxyl groups is 1. The van der Waals surface area contributed by atoms with E-state index in [1.807, 2.05) is 13.0 Å². The van der Waals surface area contributed by atoms with Crippen molar-refractivity contribution < 1.29 is 5.11 Å². The zero-order valence-corrected chi connectivity index (χ0v) is 12.0. The number of likely N-dealkylation sites (N-methyl/N-ethyl adjacent to an activating group) is 1. The van der Waals surface area contributed by atoms with Gasteiger partial charge in [-0.3, -0.25) is 4.90 Å². The zero-order chi connectivity index (χ0) is 13.9. The largest absolute Gasteiger partial charge is 0.508 e. The topological polar surface area (TPSA) is 23.5 Å². The van der Waals surface area contributed by atoms with Gasteiger partial charge in [-0.2, -0.15) is 0 Å². The van der Waals surface area contributed by atoms with Crippen LogP contribution in [0.15, 0.2) is 30.3 Å². The minimum Gasteiger partial charge on any atom is -0.508 e. The van der Waals surface area contributed by atoms with Crippen LogP contribution in [0.5, 0.6) is 5.75 Å². The van der Waals surface area contributed by atoms with Crippen molar-refractivity contribution in [1.29, 1.82) is 0 Å². The lowest BCUT2D eigenvalue weighted by molar-refractivity contribution is 0.228. The maximum atomic E-state index is 10.0. The molecule has 20 heavy (non-hydrogen) atoms. The molecule has 0 spiro atoms. The van der Waals surface area contributed by atoms with Crippen LogP contribution in [0.25, 0.3) is 11.1 Å². The summed E-state index contributed by atoms with van der Waals surface area (Å²) >= 11 is 0. The molecule has 4 rings (SSSR count). The lowest BCUT2D eigenvalue weighted by atomic mass is 9.76. The van der Waals surface area contributed by atoms with Crippen molar-refractivity contribution in [2.75, 3.05) is 13.6 Å². The molecule has 2 nitrogen and oxygen atoms in total. The van der Waals surface area contributed by atoms with Gasteiger partial charge in [0, 0.05) is 12.6 Å². The maximum absolute atomic E-state index is 10.0. The number of hydrogen-bond donors (Lipinski definition) is 1. The van der Waals surface area contributed by atoms with E-state index < -0.39 is 0 Å². The molecule has 1 aliphatic heterocycles. The predicted octanol–water partition coefficient (Wildman–Crippen LogP) is 3.45. The number of fused-ring (bicyclic) bond motifs is 2. The molecular weight excluding hydrogens is 246 g/mol. The van der Waals surface area contributed by atoms with E-state index in [0.29, 0.717) is 11.8 Å². The van der Waals surface area contributed by atoms with E-state index in [-0.39, 0.29) is 0 Å². The van der Waals surface area contributed by atoms with Gasteiger partial charge in [-0.25, -0.2) is 0 Å². The Morgan fingerprint density at radius 3 is 2.85 bits per heavy atom. The van der Waals surface area contributed by atoms with Crippen LogP contribution in [0.4, 0.5) is 0 Å². The van der Waals surface area contributed by atoms with E-state index in [2.05, 4.69) is 36.2 Å². The number of rotatable bonds is 0. The normalized spacial score (nSPS) is 20.4. The van der Waals surface area contributed by atoms with Crippen molar-refractivity contribution in [3.8, 4) is 16.9 Å². The molecule has 0 saturated carbocycles. The molecular formula is C18H19NO. The predicted molar refractivity (Wildman–Crippen MR) is 81.1 cm³/mol. The highest BCUT2D eigenvalue weighted by atomic mass is 16.3. The second kappa shape index (κ2) is 4.10. The van der Waals surface area contributed by atoms with Crippen molar-refractivity contribution >= 4 is 0 Å². The summed E-state index contributed by atoms with van der Waals surface area (Å²) in [6.45, 7) is 3.16. The minimum atomic E-state index is 0.406. The summed E-state index contributed by atoms with van der Waals surface area (Å²) in [4.78, 5) is 2.47. The number of nitrogens with zero attached hydrogens (tertiary/aromatic N) is 1. The summed E-state index contributed by atoms with van der Waals surface area (Å²) in [5.74, 6) is 0.406. The van der Waals surface area contributed by atoms with Crippen LogP contribution < -0.4 is 0 Å². The van der Waals surface area contributed by atoms with E-state index >= 15 is 0 Å². The molecule has 1 N–H and O–H groups in total. The highest BCUT2D eigenvalue weighted by molar-refractivity contribution is 5.79. The van der Waals surface area contributed by atoms with E-state index in [4.69, 9.17) is 0 Å². The summed E-state index contributed by atoms with van der Waals surface area (Å²) in [5, 5.41) is 10.0. The molecule has 0 amide bonds. The van der Waals surface area contributed by atoms with Gasteiger partial charge in [0.2, 0.25) is 0 Å². The molecule has 1 atom stereocenters. The highest BCUT2D eigenvalue weighted by Gasteiger charge is 2.33. The fraction of sp³-hybridized carbons (Fsp3) is 0.333. The van der Waals surface area contributed by atoms with E-state index in [1.165, 1.54) is 27.8 Å². The molecule has 0 bridgehead atoms. The Morgan fingerprint density at radius 1 is 1.15 bits per heavy atom. The Labute approximate surface area is 119 Å². The van der Waals surface area contributed by atoms with E-state index in [1.54, 1.807) is 0 Å². The number of phenols is 1. The van der Waals surface area contributed by atoms with Crippen molar-refractivity contribution in [3.63, 3.8) is 0 Å². The molecule has 0 saturated heterocycles. The molecule has 0 radical (unpaired) electrons. The van der Waals surface area contributed by atoms with E-state index in [0.717, 1.165) is 24.9 Å². The van der Waals surface area contributed by atoms with Crippen LogP contribution in [0.2, 0.25) is 0 Å². The Balaban J connectivity index is 2.05. The summed E-state index contributed by atoms with van der Waals surface area (Å²) in [6.07, 6.45) is 2.18. The average molecular weight is 265 g/mol. The van der Waals surface area contributed by atoms with Crippen LogP contribution in [0.1, 0.15) is 28.3 Å². The fourth-order valence-corrected chi connectivity index (χ4v) is 3.88. The molecule has 0 fully saturated rings. The average Bonchev–Trinajstić information content (AvgIpc) is 2.46. The quantitative estimate of drug-likeness (QED) is 0.788. The van der Waals surface area contributed by atoms with Gasteiger partial charge in [-0.1, -0.05) is 24.3 Å². The van der Waals surface area contributed by atoms with Crippen LogP contribution >= 0.6 is 0 Å². The van der Waals surface area contributed by atoms with Crippen LogP contribution in [0.3, 0.4) is 0 Å². The maximum Gasteiger partial charge on any atom is 0.119 e. The molecule has 1 heterocycles. The van der Waals surface area contributed by atoms with Crippen LogP contribution in [0, 0.1) is 6.92 Å². The van der Waals surface area contributed by atoms with Crippen molar-refractivity contribution in [1.82, 2.24) is 4.90 Å². The molecule has 0 unspecified atom stereocenters. The number of benzene rings is 2. The highest BCUT2D eigenvalue weighted by Crippen LogP contribution is 2.47. The molecule has 2 aliphatic rings. The summed E-state index contributed by atoms with van der Waals surface area (Å²) < 4.78 is 0. The third-order valence-corrected chi connectivity index (χ3v) is 5.00. The second-order valence-corrected chi connectivity index (χ2v) is 6.07. The van der Waals surface area contributed by atoms with Gasteiger partial charge in [-0.05, 0) is 66.3 Å². The SMILES string of the molecule is Cc1c(O)ccc2c1-c1cccc3c1[C@@H](C2)N(C)CC3. The lowest BCUT2D eigenvalue weighted by Gasteiger charge is -2.40. The molecule has 2 aromatic carbocycles. The van der Waals surface area contributed by atoms with Crippen molar-refractivity contribution in [3.05, 3.63) is 52.6 Å². The third kappa shape index (κ3) is 1.49. The van der Waals surface area contributed by atoms with Crippen LogP contribution in [-0.4, -0.2) is 23.6 Å². The van der Waals surface area contributed by atoms with Gasteiger partial charge in [0.05, 0.1) is 0 Å². The standard InChI is InChI=1S/C18H19NO/c1-11-16(20)7-6-13-10-15-18-12(8-9-19(15)2)4-3-5-14(18)17(11)13/h3-7,15,20H,8-10H2,1-2H3/t15-/m1/s1. The van der Waals surface area contributed by atoms with Gasteiger partial charge in [0.25, 0.3) is 0 Å². The first-order chi connectivity index (χ1) is 9.66. The molecule has 102 valence electrons. The first kappa shape index (κ1) is 12.0. The van der Waals surface area contributed by atoms with Gasteiger partial charge < -0.3 is 5.11 Å².